The second-order valence-electron chi connectivity index (χ2n) is 3.90. The fraction of sp³-hybridized carbons (Fsp3) is 0.167. The van der Waals surface area contributed by atoms with Gasteiger partial charge in [0.2, 0.25) is 0 Å². The quantitative estimate of drug-likeness (QED) is 0.731. The molecule has 0 aliphatic rings. The zero-order valence-electron chi connectivity index (χ0n) is 9.63. The molecule has 0 bridgehead atoms. The van der Waals surface area contributed by atoms with E-state index in [1.165, 1.54) is 0 Å². The molecule has 1 aromatic carbocycles. The van der Waals surface area contributed by atoms with E-state index < -0.39 is 5.69 Å². The molecule has 0 saturated carbocycles. The minimum Gasteiger partial charge on any atom is -0.341 e. The maximum Gasteiger partial charge on any atom is 0.327 e. The first-order valence-electron chi connectivity index (χ1n) is 5.23. The van der Waals surface area contributed by atoms with Crippen LogP contribution in [0, 0.1) is 13.8 Å². The second-order valence-corrected chi connectivity index (χ2v) is 3.90. The van der Waals surface area contributed by atoms with Gasteiger partial charge in [0.05, 0.1) is 5.56 Å². The van der Waals surface area contributed by atoms with Gasteiger partial charge in [-0.1, -0.05) is 17.7 Å². The number of aromatic amines is 2. The molecule has 1 heterocycles. The number of aryl methyl sites for hydroxylation is 1. The summed E-state index contributed by atoms with van der Waals surface area (Å²) in [6.07, 6.45) is 0. The minimum atomic E-state index is -0.518. The summed E-state index contributed by atoms with van der Waals surface area (Å²) in [7, 11) is 0. The Balaban J connectivity index is 2.39. The Kier molecular flexibility index (Phi) is 2.82. The van der Waals surface area contributed by atoms with Gasteiger partial charge in [0.25, 0.3) is 5.56 Å². The number of rotatable bonds is 2. The normalized spacial score (nSPS) is 10.2. The van der Waals surface area contributed by atoms with Crippen molar-refractivity contribution in [1.82, 2.24) is 9.97 Å². The average molecular weight is 231 g/mol. The Hall–Kier alpha value is -2.30. The van der Waals surface area contributed by atoms with Crippen LogP contribution in [0.5, 0.6) is 0 Å². The molecule has 0 aliphatic carbocycles. The predicted octanol–water partition coefficient (Wildman–Crippen LogP) is 1.42. The Bertz CT molecular complexity index is 638. The summed E-state index contributed by atoms with van der Waals surface area (Å²) in [5.74, 6) is 0.419. The van der Waals surface area contributed by atoms with Crippen LogP contribution in [0.25, 0.3) is 0 Å². The van der Waals surface area contributed by atoms with Crippen LogP contribution in [0.4, 0.5) is 11.5 Å². The highest BCUT2D eigenvalue weighted by Gasteiger charge is 2.04. The standard InChI is InChI=1S/C12H13N3O2/c1-7-3-5-9(6-4-7)13-10-8(2)11(16)15-12(17)14-10/h3-6H,1-2H3,(H3,13,14,15,16,17). The molecular weight excluding hydrogens is 218 g/mol. The monoisotopic (exact) mass is 231 g/mol. The summed E-state index contributed by atoms with van der Waals surface area (Å²) in [5.41, 5.74) is 1.51. The fourth-order valence-corrected chi connectivity index (χ4v) is 1.46. The Morgan fingerprint density at radius 1 is 1.00 bits per heavy atom. The van der Waals surface area contributed by atoms with Crippen molar-refractivity contribution in [2.24, 2.45) is 0 Å². The van der Waals surface area contributed by atoms with E-state index in [1.807, 2.05) is 31.2 Å². The summed E-state index contributed by atoms with van der Waals surface area (Å²) in [5, 5.41) is 3.01. The van der Waals surface area contributed by atoms with Gasteiger partial charge in [0.15, 0.2) is 0 Å². The van der Waals surface area contributed by atoms with E-state index in [2.05, 4.69) is 15.3 Å². The minimum absolute atomic E-state index is 0.386. The molecule has 0 fully saturated rings. The van der Waals surface area contributed by atoms with Crippen molar-refractivity contribution in [2.45, 2.75) is 13.8 Å². The third-order valence-electron chi connectivity index (χ3n) is 2.50. The van der Waals surface area contributed by atoms with E-state index in [-0.39, 0.29) is 5.56 Å². The van der Waals surface area contributed by atoms with E-state index in [9.17, 15) is 9.59 Å². The van der Waals surface area contributed by atoms with E-state index in [0.717, 1.165) is 11.3 Å². The molecule has 0 atom stereocenters. The van der Waals surface area contributed by atoms with Gasteiger partial charge in [-0.2, -0.15) is 0 Å². The number of benzene rings is 1. The third kappa shape index (κ3) is 2.44. The molecule has 0 spiro atoms. The largest absolute Gasteiger partial charge is 0.341 e. The molecule has 0 unspecified atom stereocenters. The molecule has 17 heavy (non-hydrogen) atoms. The van der Waals surface area contributed by atoms with Crippen LogP contribution in [-0.4, -0.2) is 9.97 Å². The molecular formula is C12H13N3O2. The lowest BCUT2D eigenvalue weighted by Crippen LogP contribution is -2.25. The van der Waals surface area contributed by atoms with E-state index in [4.69, 9.17) is 0 Å². The van der Waals surface area contributed by atoms with Crippen LogP contribution in [0.1, 0.15) is 11.1 Å². The van der Waals surface area contributed by atoms with Crippen molar-refractivity contribution in [3.63, 3.8) is 0 Å². The topological polar surface area (TPSA) is 77.8 Å². The van der Waals surface area contributed by atoms with E-state index >= 15 is 0 Å². The highest BCUT2D eigenvalue weighted by Crippen LogP contribution is 2.15. The first-order valence-corrected chi connectivity index (χ1v) is 5.23. The summed E-state index contributed by atoms with van der Waals surface area (Å²) in [6.45, 7) is 3.63. The predicted molar refractivity (Wildman–Crippen MR) is 66.9 cm³/mol. The van der Waals surface area contributed by atoms with Crippen molar-refractivity contribution in [2.75, 3.05) is 5.32 Å². The second kappa shape index (κ2) is 4.29. The van der Waals surface area contributed by atoms with Crippen molar-refractivity contribution in [3.05, 3.63) is 56.2 Å². The lowest BCUT2D eigenvalue weighted by Gasteiger charge is -2.08. The van der Waals surface area contributed by atoms with Crippen LogP contribution < -0.4 is 16.6 Å². The maximum atomic E-state index is 11.4. The van der Waals surface area contributed by atoms with Gasteiger partial charge < -0.3 is 5.32 Å². The van der Waals surface area contributed by atoms with Crippen LogP contribution in [0.2, 0.25) is 0 Å². The molecule has 0 saturated heterocycles. The van der Waals surface area contributed by atoms with Crippen molar-refractivity contribution in [3.8, 4) is 0 Å². The highest BCUT2D eigenvalue weighted by atomic mass is 16.2. The van der Waals surface area contributed by atoms with Crippen LogP contribution >= 0.6 is 0 Å². The highest BCUT2D eigenvalue weighted by molar-refractivity contribution is 5.58. The summed E-state index contributed by atoms with van der Waals surface area (Å²) in [4.78, 5) is 27.3. The smallest absolute Gasteiger partial charge is 0.327 e. The molecule has 2 rings (SSSR count). The maximum absolute atomic E-state index is 11.4. The lowest BCUT2D eigenvalue weighted by atomic mass is 10.2. The summed E-state index contributed by atoms with van der Waals surface area (Å²) < 4.78 is 0. The molecule has 5 heteroatoms. The van der Waals surface area contributed by atoms with Gasteiger partial charge in [-0.05, 0) is 26.0 Å². The lowest BCUT2D eigenvalue weighted by molar-refractivity contribution is 1.01. The molecule has 0 radical (unpaired) electrons. The van der Waals surface area contributed by atoms with Crippen LogP contribution in [-0.2, 0) is 0 Å². The summed E-state index contributed by atoms with van der Waals surface area (Å²) >= 11 is 0. The van der Waals surface area contributed by atoms with Gasteiger partial charge in [0.1, 0.15) is 5.82 Å². The van der Waals surface area contributed by atoms with Crippen LogP contribution in [0.15, 0.2) is 33.9 Å². The Morgan fingerprint density at radius 2 is 1.65 bits per heavy atom. The molecule has 0 aliphatic heterocycles. The Labute approximate surface area is 97.5 Å². The van der Waals surface area contributed by atoms with Crippen LogP contribution in [0.3, 0.4) is 0 Å². The van der Waals surface area contributed by atoms with Crippen molar-refractivity contribution >= 4 is 11.5 Å². The van der Waals surface area contributed by atoms with E-state index in [0.29, 0.717) is 11.4 Å². The molecule has 88 valence electrons. The van der Waals surface area contributed by atoms with Crippen molar-refractivity contribution in [1.29, 1.82) is 0 Å². The number of H-pyrrole nitrogens is 2. The average Bonchev–Trinajstić information content (AvgIpc) is 2.28. The zero-order chi connectivity index (χ0) is 12.4. The van der Waals surface area contributed by atoms with Crippen molar-refractivity contribution < 1.29 is 0 Å². The van der Waals surface area contributed by atoms with Gasteiger partial charge in [-0.25, -0.2) is 4.79 Å². The van der Waals surface area contributed by atoms with Gasteiger partial charge in [-0.15, -0.1) is 0 Å². The number of hydrogen-bond acceptors (Lipinski definition) is 3. The summed E-state index contributed by atoms with van der Waals surface area (Å²) in [6, 6.07) is 7.66. The SMILES string of the molecule is Cc1ccc(Nc2[nH]c(=O)[nH]c(=O)c2C)cc1. The molecule has 2 aromatic rings. The number of aromatic nitrogens is 2. The molecule has 3 N–H and O–H groups in total. The first-order chi connectivity index (χ1) is 8.06. The first kappa shape index (κ1) is 11.2. The molecule has 1 aromatic heterocycles. The Morgan fingerprint density at radius 3 is 2.29 bits per heavy atom. The van der Waals surface area contributed by atoms with E-state index in [1.54, 1.807) is 6.92 Å². The molecule has 5 nitrogen and oxygen atoms in total. The fourth-order valence-electron chi connectivity index (χ4n) is 1.46. The molecule has 0 amide bonds. The van der Waals surface area contributed by atoms with Gasteiger partial charge in [0, 0.05) is 5.69 Å². The number of anilines is 2. The van der Waals surface area contributed by atoms with Gasteiger partial charge >= 0.3 is 5.69 Å². The third-order valence-corrected chi connectivity index (χ3v) is 2.50. The van der Waals surface area contributed by atoms with Gasteiger partial charge in [-0.3, -0.25) is 14.8 Å². The number of hydrogen-bond donors (Lipinski definition) is 3. The zero-order valence-corrected chi connectivity index (χ0v) is 9.63. The number of nitrogens with one attached hydrogen (secondary N) is 3.